The number of rotatable bonds is 7. The molecule has 0 aromatic heterocycles. The van der Waals surface area contributed by atoms with Crippen LogP contribution >= 0.6 is 0 Å². The molecule has 1 aromatic carbocycles. The standard InChI is InChI=1S/C13H15F2N3O/c14-11-5-9(7-16)6-12(15)10(11)8-18-4-2-1-3-13(17)19/h5-6,18H,1-4,8H2,(H2,17,19). The normalized spacial score (nSPS) is 10.2. The molecule has 1 aromatic rings. The molecule has 19 heavy (non-hydrogen) atoms. The molecule has 0 atom stereocenters. The Balaban J connectivity index is 2.42. The maximum absolute atomic E-state index is 13.5. The van der Waals surface area contributed by atoms with Crippen LogP contribution < -0.4 is 11.1 Å². The van der Waals surface area contributed by atoms with Crippen LogP contribution in [-0.4, -0.2) is 12.5 Å². The Morgan fingerprint density at radius 3 is 2.47 bits per heavy atom. The molecule has 0 aliphatic rings. The fourth-order valence-electron chi connectivity index (χ4n) is 1.60. The van der Waals surface area contributed by atoms with Crippen molar-refractivity contribution in [2.75, 3.05) is 6.54 Å². The van der Waals surface area contributed by atoms with Gasteiger partial charge in [0.25, 0.3) is 0 Å². The van der Waals surface area contributed by atoms with E-state index in [-0.39, 0.29) is 23.6 Å². The Kier molecular flexibility index (Phi) is 5.90. The van der Waals surface area contributed by atoms with Crippen LogP contribution in [0.15, 0.2) is 12.1 Å². The minimum absolute atomic E-state index is 0.0415. The summed E-state index contributed by atoms with van der Waals surface area (Å²) >= 11 is 0. The van der Waals surface area contributed by atoms with Gasteiger partial charge in [-0.05, 0) is 31.5 Å². The van der Waals surface area contributed by atoms with Crippen LogP contribution in [0.5, 0.6) is 0 Å². The van der Waals surface area contributed by atoms with Crippen LogP contribution in [0, 0.1) is 23.0 Å². The number of hydrogen-bond acceptors (Lipinski definition) is 3. The Morgan fingerprint density at radius 2 is 1.95 bits per heavy atom. The molecule has 0 saturated heterocycles. The highest BCUT2D eigenvalue weighted by atomic mass is 19.1. The van der Waals surface area contributed by atoms with E-state index in [9.17, 15) is 13.6 Å². The van der Waals surface area contributed by atoms with Gasteiger partial charge in [0.05, 0.1) is 11.6 Å². The van der Waals surface area contributed by atoms with Crippen molar-refractivity contribution >= 4 is 5.91 Å². The molecule has 1 rings (SSSR count). The Labute approximate surface area is 110 Å². The summed E-state index contributed by atoms with van der Waals surface area (Å²) in [6.07, 6.45) is 1.64. The molecule has 0 aliphatic heterocycles. The van der Waals surface area contributed by atoms with Crippen molar-refractivity contribution < 1.29 is 13.6 Å². The lowest BCUT2D eigenvalue weighted by Crippen LogP contribution is -2.18. The van der Waals surface area contributed by atoms with Crippen LogP contribution in [0.25, 0.3) is 0 Å². The summed E-state index contributed by atoms with van der Waals surface area (Å²) in [7, 11) is 0. The van der Waals surface area contributed by atoms with Gasteiger partial charge in [0.2, 0.25) is 5.91 Å². The minimum atomic E-state index is -0.735. The van der Waals surface area contributed by atoms with E-state index < -0.39 is 11.6 Å². The molecule has 6 heteroatoms. The van der Waals surface area contributed by atoms with Gasteiger partial charge in [-0.2, -0.15) is 5.26 Å². The number of nitrogens with one attached hydrogen (secondary N) is 1. The molecule has 3 N–H and O–H groups in total. The summed E-state index contributed by atoms with van der Waals surface area (Å²) in [6.45, 7) is 0.576. The maximum Gasteiger partial charge on any atom is 0.217 e. The second kappa shape index (κ2) is 7.44. The molecule has 0 aliphatic carbocycles. The zero-order chi connectivity index (χ0) is 14.3. The van der Waals surface area contributed by atoms with Crippen molar-refractivity contribution in [2.24, 2.45) is 5.73 Å². The number of nitriles is 1. The summed E-state index contributed by atoms with van der Waals surface area (Å²) in [4.78, 5) is 10.5. The molecular weight excluding hydrogens is 252 g/mol. The predicted molar refractivity (Wildman–Crippen MR) is 65.8 cm³/mol. The second-order valence-electron chi connectivity index (χ2n) is 4.13. The van der Waals surface area contributed by atoms with Gasteiger partial charge >= 0.3 is 0 Å². The quantitative estimate of drug-likeness (QED) is 0.736. The van der Waals surface area contributed by atoms with Crippen LogP contribution in [0.4, 0.5) is 8.78 Å². The van der Waals surface area contributed by atoms with E-state index in [4.69, 9.17) is 11.0 Å². The molecule has 0 fully saturated rings. The first-order valence-corrected chi connectivity index (χ1v) is 5.91. The lowest BCUT2D eigenvalue weighted by molar-refractivity contribution is -0.118. The topological polar surface area (TPSA) is 78.9 Å². The van der Waals surface area contributed by atoms with Crippen molar-refractivity contribution in [1.29, 1.82) is 5.26 Å². The molecule has 102 valence electrons. The first-order valence-electron chi connectivity index (χ1n) is 5.91. The monoisotopic (exact) mass is 267 g/mol. The molecular formula is C13H15F2N3O. The number of halogens is 2. The Bertz CT molecular complexity index is 474. The summed E-state index contributed by atoms with van der Waals surface area (Å²) in [5.41, 5.74) is 4.85. The lowest BCUT2D eigenvalue weighted by atomic mass is 10.1. The van der Waals surface area contributed by atoms with Gasteiger partial charge < -0.3 is 11.1 Å². The van der Waals surface area contributed by atoms with E-state index >= 15 is 0 Å². The van der Waals surface area contributed by atoms with Crippen molar-refractivity contribution in [3.05, 3.63) is 34.9 Å². The van der Waals surface area contributed by atoms with E-state index in [2.05, 4.69) is 5.32 Å². The average molecular weight is 267 g/mol. The molecule has 0 heterocycles. The van der Waals surface area contributed by atoms with Crippen molar-refractivity contribution in [1.82, 2.24) is 5.32 Å². The minimum Gasteiger partial charge on any atom is -0.370 e. The highest BCUT2D eigenvalue weighted by Gasteiger charge is 2.10. The number of hydrogen-bond donors (Lipinski definition) is 2. The summed E-state index contributed by atoms with van der Waals surface area (Å²) < 4.78 is 27.0. The number of amides is 1. The zero-order valence-corrected chi connectivity index (χ0v) is 10.4. The van der Waals surface area contributed by atoms with Crippen LogP contribution in [0.2, 0.25) is 0 Å². The third kappa shape index (κ3) is 5.02. The van der Waals surface area contributed by atoms with Gasteiger partial charge in [-0.15, -0.1) is 0 Å². The summed E-state index contributed by atoms with van der Waals surface area (Å²) in [6, 6.07) is 3.70. The third-order valence-electron chi connectivity index (χ3n) is 2.60. The molecule has 0 bridgehead atoms. The number of benzene rings is 1. The van der Waals surface area contributed by atoms with E-state index in [1.807, 2.05) is 0 Å². The van der Waals surface area contributed by atoms with Crippen molar-refractivity contribution in [3.63, 3.8) is 0 Å². The van der Waals surface area contributed by atoms with Crippen molar-refractivity contribution in [2.45, 2.75) is 25.8 Å². The maximum atomic E-state index is 13.5. The molecule has 1 amide bonds. The van der Waals surface area contributed by atoms with Crippen LogP contribution in [0.1, 0.15) is 30.4 Å². The molecule has 4 nitrogen and oxygen atoms in total. The van der Waals surface area contributed by atoms with Crippen molar-refractivity contribution in [3.8, 4) is 6.07 Å². The van der Waals surface area contributed by atoms with Crippen LogP contribution in [-0.2, 0) is 11.3 Å². The number of nitrogens with zero attached hydrogens (tertiary/aromatic N) is 1. The van der Waals surface area contributed by atoms with Gasteiger partial charge in [-0.3, -0.25) is 4.79 Å². The van der Waals surface area contributed by atoms with Gasteiger partial charge in [0.1, 0.15) is 11.6 Å². The second-order valence-corrected chi connectivity index (χ2v) is 4.13. The SMILES string of the molecule is N#Cc1cc(F)c(CNCCCCC(N)=O)c(F)c1. The molecule has 0 unspecified atom stereocenters. The number of unbranched alkanes of at least 4 members (excludes halogenated alkanes) is 1. The fraction of sp³-hybridized carbons (Fsp3) is 0.385. The molecule has 0 saturated carbocycles. The number of carbonyl (C=O) groups is 1. The highest BCUT2D eigenvalue weighted by Crippen LogP contribution is 2.14. The largest absolute Gasteiger partial charge is 0.370 e. The van der Waals surface area contributed by atoms with E-state index in [1.54, 1.807) is 6.07 Å². The predicted octanol–water partition coefficient (Wildman–Crippen LogP) is 1.58. The van der Waals surface area contributed by atoms with E-state index in [1.165, 1.54) is 0 Å². The third-order valence-corrected chi connectivity index (χ3v) is 2.60. The summed E-state index contributed by atoms with van der Waals surface area (Å²) in [5.74, 6) is -1.83. The smallest absolute Gasteiger partial charge is 0.217 e. The highest BCUT2D eigenvalue weighted by molar-refractivity contribution is 5.73. The number of carbonyl (C=O) groups excluding carboxylic acids is 1. The van der Waals surface area contributed by atoms with Gasteiger partial charge in [-0.1, -0.05) is 0 Å². The van der Waals surface area contributed by atoms with Gasteiger partial charge in [-0.25, -0.2) is 8.78 Å². The van der Waals surface area contributed by atoms with E-state index in [0.29, 0.717) is 25.8 Å². The van der Waals surface area contributed by atoms with Gasteiger partial charge in [0.15, 0.2) is 0 Å². The number of primary amides is 1. The Morgan fingerprint density at radius 1 is 1.32 bits per heavy atom. The first-order chi connectivity index (χ1) is 9.04. The van der Waals surface area contributed by atoms with E-state index in [0.717, 1.165) is 12.1 Å². The molecule has 0 spiro atoms. The summed E-state index contributed by atoms with van der Waals surface area (Å²) in [5, 5.41) is 11.4. The zero-order valence-electron chi connectivity index (χ0n) is 10.4. The first kappa shape index (κ1) is 15.1. The fourth-order valence-corrected chi connectivity index (χ4v) is 1.60. The van der Waals surface area contributed by atoms with Gasteiger partial charge in [0, 0.05) is 18.5 Å². The number of nitrogens with two attached hydrogens (primary N) is 1. The molecule has 0 radical (unpaired) electrons. The lowest BCUT2D eigenvalue weighted by Gasteiger charge is -2.07. The Hall–Kier alpha value is -2.00. The van der Waals surface area contributed by atoms with Crippen LogP contribution in [0.3, 0.4) is 0 Å². The average Bonchev–Trinajstić information content (AvgIpc) is 2.35.